The van der Waals surface area contributed by atoms with Gasteiger partial charge in [0.2, 0.25) is 21.8 Å². The fraction of sp³-hybridized carbons (Fsp3) is 0.100. The highest BCUT2D eigenvalue weighted by Gasteiger charge is 2.25. The summed E-state index contributed by atoms with van der Waals surface area (Å²) in [6.45, 7) is 0. The van der Waals surface area contributed by atoms with E-state index in [1.165, 1.54) is 30.5 Å². The van der Waals surface area contributed by atoms with Crippen LogP contribution < -0.4 is 4.72 Å². The first-order chi connectivity index (χ1) is 15.6. The third kappa shape index (κ3) is 5.74. The van der Waals surface area contributed by atoms with Crippen molar-refractivity contribution < 1.29 is 21.3 Å². The topological polar surface area (TPSA) is 135 Å². The molecule has 2 N–H and O–H groups in total. The van der Waals surface area contributed by atoms with Crippen LogP contribution in [0.2, 0.25) is 10.0 Å². The molecule has 0 atom stereocenters. The molecular weight excluding hydrogens is 511 g/mol. The van der Waals surface area contributed by atoms with Crippen LogP contribution in [0.5, 0.6) is 0 Å². The zero-order valence-corrected chi connectivity index (χ0v) is 19.8. The van der Waals surface area contributed by atoms with Gasteiger partial charge >= 0.3 is 0 Å². The molecule has 0 bridgehead atoms. The summed E-state index contributed by atoms with van der Waals surface area (Å²) in [6.07, 6.45) is 2.92. The largest absolute Gasteiger partial charge is 0.423 e. The quantitative estimate of drug-likeness (QED) is 0.349. The lowest BCUT2D eigenvalue weighted by Gasteiger charge is -2.06. The molecule has 13 heteroatoms. The summed E-state index contributed by atoms with van der Waals surface area (Å²) in [7, 11) is -7.75. The molecule has 9 nitrogen and oxygen atoms in total. The fourth-order valence-corrected chi connectivity index (χ4v) is 5.62. The summed E-state index contributed by atoms with van der Waals surface area (Å²) < 4.78 is 58.3. The van der Waals surface area contributed by atoms with Gasteiger partial charge in [-0.1, -0.05) is 35.3 Å². The number of rotatable bonds is 8. The second kappa shape index (κ2) is 9.18. The van der Waals surface area contributed by atoms with Crippen LogP contribution in [0.4, 0.5) is 5.69 Å². The molecule has 4 aromatic rings. The van der Waals surface area contributed by atoms with Gasteiger partial charge in [0.05, 0.1) is 4.90 Å². The van der Waals surface area contributed by atoms with E-state index in [-0.39, 0.29) is 16.7 Å². The number of benzene rings is 2. The van der Waals surface area contributed by atoms with Crippen molar-refractivity contribution in [2.24, 2.45) is 0 Å². The number of halogens is 2. The molecule has 0 saturated heterocycles. The van der Waals surface area contributed by atoms with Crippen molar-refractivity contribution in [3.8, 4) is 11.1 Å². The van der Waals surface area contributed by atoms with Gasteiger partial charge in [0.1, 0.15) is 11.5 Å². The molecular formula is C20H16Cl2N4O5S2. The molecule has 2 aromatic carbocycles. The number of nitrogens with one attached hydrogen (secondary N) is 2. The Morgan fingerprint density at radius 3 is 2.03 bits per heavy atom. The number of sulfone groups is 1. The lowest BCUT2D eigenvalue weighted by atomic mass is 10.1. The lowest BCUT2D eigenvalue weighted by Crippen LogP contribution is -2.15. The van der Waals surface area contributed by atoms with Gasteiger partial charge in [-0.15, -0.1) is 10.2 Å². The molecule has 33 heavy (non-hydrogen) atoms. The van der Waals surface area contributed by atoms with Gasteiger partial charge in [0.25, 0.3) is 0 Å². The standard InChI is InChI=1S/C20H16Cl2N4O5S2/c21-14-3-1-13(2-4-14)17-9-23-10-18(17)32(27,28)11-19-24-25-20(31-19)12-33(29,30)26-16-7-5-15(22)6-8-16/h1-10,23,26H,11-12H2. The number of aromatic amines is 1. The minimum absolute atomic E-state index is 0.0431. The highest BCUT2D eigenvalue weighted by molar-refractivity contribution is 7.92. The van der Waals surface area contributed by atoms with Crippen molar-refractivity contribution >= 4 is 48.7 Å². The molecule has 0 radical (unpaired) electrons. The van der Waals surface area contributed by atoms with Crippen molar-refractivity contribution in [2.75, 3.05) is 4.72 Å². The van der Waals surface area contributed by atoms with Gasteiger partial charge < -0.3 is 9.40 Å². The maximum atomic E-state index is 13.0. The van der Waals surface area contributed by atoms with Gasteiger partial charge in [-0.25, -0.2) is 16.8 Å². The van der Waals surface area contributed by atoms with E-state index >= 15 is 0 Å². The van der Waals surface area contributed by atoms with E-state index < -0.39 is 31.4 Å². The highest BCUT2D eigenvalue weighted by Crippen LogP contribution is 2.30. The zero-order valence-electron chi connectivity index (χ0n) is 16.7. The Bertz CT molecular complexity index is 1480. The Kier molecular flexibility index (Phi) is 6.48. The molecule has 0 unspecified atom stereocenters. The molecule has 0 fully saturated rings. The molecule has 0 amide bonds. The maximum absolute atomic E-state index is 13.0. The van der Waals surface area contributed by atoms with Crippen molar-refractivity contribution in [1.82, 2.24) is 15.2 Å². The summed E-state index contributed by atoms with van der Waals surface area (Å²) in [5.74, 6) is -1.69. The number of aromatic nitrogens is 3. The van der Waals surface area contributed by atoms with E-state index in [2.05, 4.69) is 19.9 Å². The molecule has 0 aliphatic carbocycles. The Labute approximate surface area is 199 Å². The van der Waals surface area contributed by atoms with Crippen molar-refractivity contribution in [3.63, 3.8) is 0 Å². The number of nitrogens with zero attached hydrogens (tertiary/aromatic N) is 2. The average Bonchev–Trinajstić information content (AvgIpc) is 3.40. The molecule has 0 aliphatic rings. The predicted octanol–water partition coefficient (Wildman–Crippen LogP) is 4.29. The predicted molar refractivity (Wildman–Crippen MR) is 124 cm³/mol. The van der Waals surface area contributed by atoms with Crippen LogP contribution in [0.15, 0.2) is 70.2 Å². The summed E-state index contributed by atoms with van der Waals surface area (Å²) in [5.41, 5.74) is 1.43. The smallest absolute Gasteiger partial charge is 0.241 e. The van der Waals surface area contributed by atoms with Crippen molar-refractivity contribution in [3.05, 3.63) is 82.8 Å². The van der Waals surface area contributed by atoms with Gasteiger partial charge in [-0.2, -0.15) is 0 Å². The van der Waals surface area contributed by atoms with Crippen LogP contribution in [-0.2, 0) is 31.4 Å². The van der Waals surface area contributed by atoms with E-state index in [9.17, 15) is 16.8 Å². The number of sulfonamides is 1. The minimum atomic E-state index is -3.88. The van der Waals surface area contributed by atoms with E-state index in [1.54, 1.807) is 30.5 Å². The lowest BCUT2D eigenvalue weighted by molar-refractivity contribution is 0.472. The summed E-state index contributed by atoms with van der Waals surface area (Å²) in [4.78, 5) is 2.83. The molecule has 2 aromatic heterocycles. The highest BCUT2D eigenvalue weighted by atomic mass is 35.5. The van der Waals surface area contributed by atoms with E-state index in [0.29, 0.717) is 26.9 Å². The first-order valence-electron chi connectivity index (χ1n) is 9.34. The second-order valence-corrected chi connectivity index (χ2v) is 11.5. The summed E-state index contributed by atoms with van der Waals surface area (Å²) >= 11 is 11.7. The monoisotopic (exact) mass is 526 g/mol. The Morgan fingerprint density at radius 1 is 0.818 bits per heavy atom. The number of hydrogen-bond acceptors (Lipinski definition) is 7. The number of anilines is 1. The maximum Gasteiger partial charge on any atom is 0.241 e. The molecule has 0 aliphatic heterocycles. The molecule has 172 valence electrons. The van der Waals surface area contributed by atoms with Gasteiger partial charge in [0.15, 0.2) is 9.84 Å². The minimum Gasteiger partial charge on any atom is -0.423 e. The molecule has 4 rings (SSSR count). The molecule has 0 saturated carbocycles. The first kappa shape index (κ1) is 23.3. The first-order valence-corrected chi connectivity index (χ1v) is 13.4. The number of H-pyrrole nitrogens is 1. The Balaban J connectivity index is 1.49. The third-order valence-corrected chi connectivity index (χ3v) is 7.76. The van der Waals surface area contributed by atoms with Crippen LogP contribution in [0.1, 0.15) is 11.8 Å². The SMILES string of the molecule is O=S(=O)(Cc1nnc(CS(=O)(=O)c2c[nH]cc2-c2ccc(Cl)cc2)o1)Nc1ccc(Cl)cc1. The van der Waals surface area contributed by atoms with E-state index in [1.807, 2.05) is 0 Å². The van der Waals surface area contributed by atoms with Crippen LogP contribution in [0.3, 0.4) is 0 Å². The zero-order chi connectivity index (χ0) is 23.6. The molecule has 0 spiro atoms. The van der Waals surface area contributed by atoms with Gasteiger partial charge in [0, 0.05) is 33.7 Å². The van der Waals surface area contributed by atoms with E-state index in [0.717, 1.165) is 0 Å². The van der Waals surface area contributed by atoms with Crippen LogP contribution in [-0.4, -0.2) is 32.0 Å². The van der Waals surface area contributed by atoms with Crippen molar-refractivity contribution in [2.45, 2.75) is 16.4 Å². The summed E-state index contributed by atoms with van der Waals surface area (Å²) in [6, 6.07) is 12.8. The normalized spacial score (nSPS) is 12.1. The Hall–Kier alpha value is -2.86. The van der Waals surface area contributed by atoms with Crippen molar-refractivity contribution in [1.29, 1.82) is 0 Å². The number of hydrogen-bond donors (Lipinski definition) is 2. The Morgan fingerprint density at radius 2 is 1.39 bits per heavy atom. The fourth-order valence-electron chi connectivity index (χ4n) is 3.00. The van der Waals surface area contributed by atoms with Crippen LogP contribution >= 0.6 is 23.2 Å². The van der Waals surface area contributed by atoms with E-state index in [4.69, 9.17) is 27.6 Å². The van der Waals surface area contributed by atoms with Crippen LogP contribution in [0.25, 0.3) is 11.1 Å². The summed E-state index contributed by atoms with van der Waals surface area (Å²) in [5, 5.41) is 8.35. The third-order valence-electron chi connectivity index (χ3n) is 4.45. The van der Waals surface area contributed by atoms with Crippen LogP contribution in [0, 0.1) is 0 Å². The second-order valence-electron chi connectivity index (χ2n) is 6.96. The molecule has 2 heterocycles. The van der Waals surface area contributed by atoms with Gasteiger partial charge in [-0.05, 0) is 42.0 Å². The van der Waals surface area contributed by atoms with Gasteiger partial charge in [-0.3, -0.25) is 4.72 Å². The average molecular weight is 527 g/mol.